The highest BCUT2D eigenvalue weighted by molar-refractivity contribution is 5.90. The van der Waals surface area contributed by atoms with Crippen molar-refractivity contribution in [3.63, 3.8) is 0 Å². The maximum absolute atomic E-state index is 10.1. The monoisotopic (exact) mass is 170 g/mol. The van der Waals surface area contributed by atoms with Crippen LogP contribution in [0.15, 0.2) is 12.2 Å². The molecule has 0 bridgehead atoms. The molecule has 0 spiro atoms. The van der Waals surface area contributed by atoms with Gasteiger partial charge in [-0.05, 0) is 13.3 Å². The molecule has 1 aliphatic heterocycles. The molecule has 68 valence electrons. The Kier molecular flexibility index (Phi) is 4.76. The zero-order valence-corrected chi connectivity index (χ0v) is 7.22. The number of nitrogens with two attached hydrogens (primary N) is 1. The van der Waals surface area contributed by atoms with Crippen molar-refractivity contribution >= 4 is 11.8 Å². The van der Waals surface area contributed by atoms with Gasteiger partial charge in [0.25, 0.3) is 0 Å². The fourth-order valence-electron chi connectivity index (χ4n) is 0.565. The molecule has 12 heavy (non-hydrogen) atoms. The van der Waals surface area contributed by atoms with Crippen LogP contribution in [0.25, 0.3) is 0 Å². The summed E-state index contributed by atoms with van der Waals surface area (Å²) < 4.78 is 0. The number of amides is 2. The first kappa shape index (κ1) is 10.7. The van der Waals surface area contributed by atoms with E-state index in [1.165, 1.54) is 0 Å². The van der Waals surface area contributed by atoms with Gasteiger partial charge < -0.3 is 11.1 Å². The molecule has 0 atom stereocenters. The summed E-state index contributed by atoms with van der Waals surface area (Å²) in [7, 11) is 0. The van der Waals surface area contributed by atoms with Gasteiger partial charge in [0.15, 0.2) is 0 Å². The first-order chi connectivity index (χ1) is 5.54. The van der Waals surface area contributed by atoms with Crippen LogP contribution >= 0.6 is 0 Å². The van der Waals surface area contributed by atoms with E-state index in [0.717, 1.165) is 19.4 Å². The van der Waals surface area contributed by atoms with Crippen LogP contribution in [0, 0.1) is 0 Å². The molecule has 0 aromatic rings. The minimum atomic E-state index is -0.435. The summed E-state index contributed by atoms with van der Waals surface area (Å²) in [4.78, 5) is 20.0. The number of carbonyl (C=O) groups excluding carboxylic acids is 2. The Morgan fingerprint density at radius 2 is 2.17 bits per heavy atom. The summed E-state index contributed by atoms with van der Waals surface area (Å²) in [5.74, 6) is -0.231. The molecule has 0 aliphatic carbocycles. The molecule has 2 amide bonds. The van der Waals surface area contributed by atoms with Crippen molar-refractivity contribution in [2.75, 3.05) is 6.54 Å². The van der Waals surface area contributed by atoms with Crippen molar-refractivity contribution in [3.8, 4) is 0 Å². The Morgan fingerprint density at radius 3 is 2.25 bits per heavy atom. The Bertz CT molecular complexity index is 179. The maximum atomic E-state index is 10.1. The predicted octanol–water partition coefficient (Wildman–Crippen LogP) is -0.0558. The first-order valence-corrected chi connectivity index (χ1v) is 3.76. The van der Waals surface area contributed by atoms with Crippen molar-refractivity contribution in [1.29, 1.82) is 0 Å². The van der Waals surface area contributed by atoms with Gasteiger partial charge in [-0.25, -0.2) is 0 Å². The maximum Gasteiger partial charge on any atom is 0.243 e. The van der Waals surface area contributed by atoms with E-state index < -0.39 is 5.91 Å². The average molecular weight is 170 g/mol. The quantitative estimate of drug-likeness (QED) is 0.541. The van der Waals surface area contributed by atoms with Gasteiger partial charge >= 0.3 is 0 Å². The molecule has 0 aromatic carbocycles. The normalized spacial score (nSPS) is 14.2. The van der Waals surface area contributed by atoms with E-state index >= 15 is 0 Å². The van der Waals surface area contributed by atoms with Crippen LogP contribution in [0.5, 0.6) is 0 Å². The number of hydrogen-bond acceptors (Lipinski definition) is 2. The van der Waals surface area contributed by atoms with E-state index in [0.29, 0.717) is 5.57 Å². The second-order valence-corrected chi connectivity index (χ2v) is 2.60. The molecule has 1 rings (SSSR count). The summed E-state index contributed by atoms with van der Waals surface area (Å²) in [5, 5.41) is 2.68. The summed E-state index contributed by atoms with van der Waals surface area (Å²) in [6, 6.07) is 0. The molecule has 0 aromatic heterocycles. The van der Waals surface area contributed by atoms with Gasteiger partial charge in [0.1, 0.15) is 0 Å². The van der Waals surface area contributed by atoms with Gasteiger partial charge in [0.05, 0.1) is 0 Å². The van der Waals surface area contributed by atoms with Crippen molar-refractivity contribution < 1.29 is 9.59 Å². The fourth-order valence-corrected chi connectivity index (χ4v) is 0.565. The lowest BCUT2D eigenvalue weighted by Crippen LogP contribution is -2.12. The van der Waals surface area contributed by atoms with Crippen molar-refractivity contribution in [2.24, 2.45) is 5.73 Å². The molecular formula is C8H14N2O2. The summed E-state index contributed by atoms with van der Waals surface area (Å²) in [6.07, 6.45) is 1.76. The van der Waals surface area contributed by atoms with Gasteiger partial charge in [-0.2, -0.15) is 0 Å². The highest BCUT2D eigenvalue weighted by atomic mass is 16.2. The topological polar surface area (TPSA) is 72.2 Å². The molecule has 0 unspecified atom stereocenters. The number of rotatable bonds is 1. The Hall–Kier alpha value is -1.32. The second kappa shape index (κ2) is 5.35. The van der Waals surface area contributed by atoms with Crippen LogP contribution in [0.1, 0.15) is 19.8 Å². The summed E-state index contributed by atoms with van der Waals surface area (Å²) in [5.41, 5.74) is 5.09. The van der Waals surface area contributed by atoms with E-state index in [9.17, 15) is 9.59 Å². The van der Waals surface area contributed by atoms with Gasteiger partial charge in [-0.15, -0.1) is 0 Å². The van der Waals surface area contributed by atoms with Crippen LogP contribution in [0.4, 0.5) is 0 Å². The minimum absolute atomic E-state index is 0.204. The Morgan fingerprint density at radius 1 is 1.67 bits per heavy atom. The molecule has 4 nitrogen and oxygen atoms in total. The number of primary amides is 1. The number of carbonyl (C=O) groups is 2. The van der Waals surface area contributed by atoms with Gasteiger partial charge in [-0.3, -0.25) is 9.59 Å². The Labute approximate surface area is 71.8 Å². The standard InChI is InChI=1S/2C4H7NO/c6-4-2-1-3-5-4;1-3(2)4(5)6/h1-3H2,(H,5,6);1H2,2H3,(H2,5,6). The molecule has 1 aliphatic rings. The molecule has 1 heterocycles. The number of hydrogen-bond donors (Lipinski definition) is 2. The van der Waals surface area contributed by atoms with Gasteiger partial charge in [0, 0.05) is 18.5 Å². The van der Waals surface area contributed by atoms with Crippen molar-refractivity contribution in [2.45, 2.75) is 19.8 Å². The van der Waals surface area contributed by atoms with Gasteiger partial charge in [0.2, 0.25) is 11.8 Å². The summed E-state index contributed by atoms with van der Waals surface area (Å²) in [6.45, 7) is 5.74. The number of nitrogens with one attached hydrogen (secondary N) is 1. The van der Waals surface area contributed by atoms with Crippen LogP contribution < -0.4 is 11.1 Å². The van der Waals surface area contributed by atoms with E-state index in [-0.39, 0.29) is 5.91 Å². The average Bonchev–Trinajstić information content (AvgIpc) is 2.40. The second-order valence-electron chi connectivity index (χ2n) is 2.60. The van der Waals surface area contributed by atoms with Crippen LogP contribution in [-0.2, 0) is 9.59 Å². The molecule has 4 heteroatoms. The molecule has 0 saturated carbocycles. The lowest BCUT2D eigenvalue weighted by Gasteiger charge is -1.81. The summed E-state index contributed by atoms with van der Waals surface area (Å²) >= 11 is 0. The van der Waals surface area contributed by atoms with E-state index in [1.54, 1.807) is 6.92 Å². The molecular weight excluding hydrogens is 156 g/mol. The van der Waals surface area contributed by atoms with E-state index in [2.05, 4.69) is 11.9 Å². The lowest BCUT2D eigenvalue weighted by molar-refractivity contribution is -0.119. The highest BCUT2D eigenvalue weighted by Crippen LogP contribution is 1.93. The van der Waals surface area contributed by atoms with Gasteiger partial charge in [-0.1, -0.05) is 6.58 Å². The van der Waals surface area contributed by atoms with E-state index in [4.69, 9.17) is 5.73 Å². The lowest BCUT2D eigenvalue weighted by atomic mass is 10.3. The van der Waals surface area contributed by atoms with Crippen LogP contribution in [0.3, 0.4) is 0 Å². The molecule has 1 saturated heterocycles. The smallest absolute Gasteiger partial charge is 0.243 e. The first-order valence-electron chi connectivity index (χ1n) is 3.76. The van der Waals surface area contributed by atoms with E-state index in [1.807, 2.05) is 0 Å². The minimum Gasteiger partial charge on any atom is -0.366 e. The zero-order valence-electron chi connectivity index (χ0n) is 7.22. The molecule has 0 radical (unpaired) electrons. The zero-order chi connectivity index (χ0) is 9.56. The third kappa shape index (κ3) is 5.46. The predicted molar refractivity (Wildman–Crippen MR) is 46.3 cm³/mol. The molecule has 1 fully saturated rings. The van der Waals surface area contributed by atoms with Crippen LogP contribution in [-0.4, -0.2) is 18.4 Å². The third-order valence-electron chi connectivity index (χ3n) is 1.32. The Balaban J connectivity index is 0.000000202. The largest absolute Gasteiger partial charge is 0.366 e. The van der Waals surface area contributed by atoms with Crippen molar-refractivity contribution in [1.82, 2.24) is 5.32 Å². The SMILES string of the molecule is C=C(C)C(N)=O.O=C1CCCN1. The van der Waals surface area contributed by atoms with Crippen molar-refractivity contribution in [3.05, 3.63) is 12.2 Å². The highest BCUT2D eigenvalue weighted by Gasteiger charge is 2.05. The van der Waals surface area contributed by atoms with Crippen LogP contribution in [0.2, 0.25) is 0 Å². The third-order valence-corrected chi connectivity index (χ3v) is 1.32. The fraction of sp³-hybridized carbons (Fsp3) is 0.500. The molecule has 3 N–H and O–H groups in total.